The van der Waals surface area contributed by atoms with Crippen LogP contribution in [0.3, 0.4) is 0 Å². The van der Waals surface area contributed by atoms with E-state index in [4.69, 9.17) is 0 Å². The van der Waals surface area contributed by atoms with E-state index in [1.54, 1.807) is 0 Å². The molecule has 0 amide bonds. The van der Waals surface area contributed by atoms with Gasteiger partial charge in [-0.25, -0.2) is 9.37 Å². The molecule has 0 bridgehead atoms. The molecule has 1 nitrogen and oxygen atoms in total. The Labute approximate surface area is 66.0 Å². The standard InChI is InChI=1S/C7H5F4N/c8-4-7(10,11)5-1-2-6(9)12-3-5/h1-3H,4H2. The van der Waals surface area contributed by atoms with Crippen molar-refractivity contribution in [3.63, 3.8) is 0 Å². The maximum absolute atomic E-state index is 12.5. The zero-order valence-corrected chi connectivity index (χ0v) is 5.90. The number of halogens is 4. The Balaban J connectivity index is 2.96. The van der Waals surface area contributed by atoms with Crippen LogP contribution in [0, 0.1) is 5.95 Å². The van der Waals surface area contributed by atoms with Crippen molar-refractivity contribution in [1.82, 2.24) is 4.98 Å². The molecule has 0 aromatic carbocycles. The van der Waals surface area contributed by atoms with E-state index < -0.39 is 24.1 Å². The molecule has 1 rings (SSSR count). The number of hydrogen-bond donors (Lipinski definition) is 0. The second-order valence-corrected chi connectivity index (χ2v) is 2.21. The zero-order chi connectivity index (χ0) is 9.19. The minimum atomic E-state index is -3.57. The van der Waals surface area contributed by atoms with Crippen molar-refractivity contribution in [2.75, 3.05) is 6.67 Å². The SMILES string of the molecule is FCC(F)(F)c1ccc(F)nc1. The highest BCUT2D eigenvalue weighted by molar-refractivity contribution is 5.15. The average Bonchev–Trinajstić information content (AvgIpc) is 2.05. The fraction of sp³-hybridized carbons (Fsp3) is 0.286. The molecule has 5 heteroatoms. The first-order chi connectivity index (χ1) is 5.56. The lowest BCUT2D eigenvalue weighted by atomic mass is 10.2. The monoisotopic (exact) mass is 179 g/mol. The molecule has 0 N–H and O–H groups in total. The largest absolute Gasteiger partial charge is 0.302 e. The number of rotatable bonds is 2. The Hall–Kier alpha value is -1.13. The minimum Gasteiger partial charge on any atom is -0.244 e. The summed E-state index contributed by atoms with van der Waals surface area (Å²) in [6.45, 7) is -1.81. The summed E-state index contributed by atoms with van der Waals surface area (Å²) in [5.41, 5.74) is -0.619. The predicted octanol–water partition coefficient (Wildman–Crippen LogP) is 2.28. The molecule has 0 aliphatic carbocycles. The van der Waals surface area contributed by atoms with Gasteiger partial charge in [-0.2, -0.15) is 13.2 Å². The van der Waals surface area contributed by atoms with Gasteiger partial charge in [0.15, 0.2) is 6.67 Å². The molecule has 0 radical (unpaired) electrons. The summed E-state index contributed by atoms with van der Waals surface area (Å²) in [6.07, 6.45) is 0.620. The Morgan fingerprint density at radius 3 is 2.42 bits per heavy atom. The molecular formula is C7H5F4N. The van der Waals surface area contributed by atoms with E-state index in [1.807, 2.05) is 0 Å². The summed E-state index contributed by atoms with van der Waals surface area (Å²) in [7, 11) is 0. The van der Waals surface area contributed by atoms with Gasteiger partial charge in [-0.05, 0) is 12.1 Å². The molecule has 12 heavy (non-hydrogen) atoms. The van der Waals surface area contributed by atoms with Crippen LogP contribution >= 0.6 is 0 Å². The predicted molar refractivity (Wildman–Crippen MR) is 34.1 cm³/mol. The first-order valence-corrected chi connectivity index (χ1v) is 3.12. The molecule has 1 aromatic rings. The number of nitrogens with zero attached hydrogens (tertiary/aromatic N) is 1. The molecular weight excluding hydrogens is 174 g/mol. The molecule has 0 aliphatic heterocycles. The van der Waals surface area contributed by atoms with Gasteiger partial charge in [0.05, 0.1) is 0 Å². The maximum atomic E-state index is 12.5. The van der Waals surface area contributed by atoms with Crippen molar-refractivity contribution >= 4 is 0 Å². The van der Waals surface area contributed by atoms with Crippen molar-refractivity contribution in [2.24, 2.45) is 0 Å². The summed E-state index contributed by atoms with van der Waals surface area (Å²) in [5.74, 6) is -4.44. The van der Waals surface area contributed by atoms with Crippen LogP contribution in [0.2, 0.25) is 0 Å². The third kappa shape index (κ3) is 1.72. The van der Waals surface area contributed by atoms with Gasteiger partial charge in [0.25, 0.3) is 0 Å². The molecule has 1 heterocycles. The quantitative estimate of drug-likeness (QED) is 0.501. The van der Waals surface area contributed by atoms with Gasteiger partial charge in [0, 0.05) is 11.8 Å². The molecule has 0 aliphatic rings. The van der Waals surface area contributed by atoms with Crippen molar-refractivity contribution in [1.29, 1.82) is 0 Å². The van der Waals surface area contributed by atoms with E-state index in [9.17, 15) is 17.6 Å². The van der Waals surface area contributed by atoms with Crippen LogP contribution in [0.1, 0.15) is 5.56 Å². The van der Waals surface area contributed by atoms with Gasteiger partial charge in [0.2, 0.25) is 5.95 Å². The van der Waals surface area contributed by atoms with Crippen LogP contribution in [0.4, 0.5) is 17.6 Å². The lowest BCUT2D eigenvalue weighted by molar-refractivity contribution is -0.0284. The molecule has 0 saturated heterocycles. The number of aromatic nitrogens is 1. The van der Waals surface area contributed by atoms with Gasteiger partial charge >= 0.3 is 5.92 Å². The van der Waals surface area contributed by atoms with Crippen molar-refractivity contribution in [3.8, 4) is 0 Å². The fourth-order valence-electron chi connectivity index (χ4n) is 0.669. The molecule has 0 fully saturated rings. The van der Waals surface area contributed by atoms with Crippen LogP contribution in [0.5, 0.6) is 0 Å². The third-order valence-corrected chi connectivity index (χ3v) is 1.32. The molecule has 0 spiro atoms. The van der Waals surface area contributed by atoms with Crippen LogP contribution in [0.15, 0.2) is 18.3 Å². The topological polar surface area (TPSA) is 12.9 Å². The maximum Gasteiger partial charge on any atom is 0.302 e. The van der Waals surface area contributed by atoms with E-state index in [1.165, 1.54) is 0 Å². The van der Waals surface area contributed by atoms with Crippen molar-refractivity contribution < 1.29 is 17.6 Å². The molecule has 0 atom stereocenters. The van der Waals surface area contributed by atoms with Gasteiger partial charge in [-0.1, -0.05) is 0 Å². The number of hydrogen-bond acceptors (Lipinski definition) is 1. The Bertz CT molecular complexity index is 257. The third-order valence-electron chi connectivity index (χ3n) is 1.32. The van der Waals surface area contributed by atoms with E-state index in [2.05, 4.69) is 4.98 Å². The van der Waals surface area contributed by atoms with Crippen LogP contribution in [0.25, 0.3) is 0 Å². The summed E-state index contributed by atoms with van der Waals surface area (Å²) in [4.78, 5) is 2.98. The molecule has 66 valence electrons. The van der Waals surface area contributed by atoms with E-state index in [-0.39, 0.29) is 0 Å². The lowest BCUT2D eigenvalue weighted by Gasteiger charge is -2.10. The number of pyridine rings is 1. The van der Waals surface area contributed by atoms with Gasteiger partial charge in [0.1, 0.15) is 0 Å². The summed E-state index contributed by atoms with van der Waals surface area (Å²) in [5, 5.41) is 0. The van der Waals surface area contributed by atoms with E-state index >= 15 is 0 Å². The molecule has 1 aromatic heterocycles. The first-order valence-electron chi connectivity index (χ1n) is 3.12. The Morgan fingerprint density at radius 1 is 1.33 bits per heavy atom. The Morgan fingerprint density at radius 2 is 2.00 bits per heavy atom. The average molecular weight is 179 g/mol. The highest BCUT2D eigenvalue weighted by Crippen LogP contribution is 2.27. The van der Waals surface area contributed by atoms with Crippen LogP contribution in [-0.2, 0) is 5.92 Å². The fourth-order valence-corrected chi connectivity index (χ4v) is 0.669. The molecule has 0 unspecified atom stereocenters. The second-order valence-electron chi connectivity index (χ2n) is 2.21. The highest BCUT2D eigenvalue weighted by Gasteiger charge is 2.31. The van der Waals surface area contributed by atoms with E-state index in [0.29, 0.717) is 6.20 Å². The second kappa shape index (κ2) is 3.08. The number of alkyl halides is 3. The van der Waals surface area contributed by atoms with Gasteiger partial charge < -0.3 is 0 Å². The van der Waals surface area contributed by atoms with Crippen LogP contribution < -0.4 is 0 Å². The summed E-state index contributed by atoms with van der Waals surface area (Å²) >= 11 is 0. The minimum absolute atomic E-state index is 0.619. The zero-order valence-electron chi connectivity index (χ0n) is 5.90. The summed E-state index contributed by atoms with van der Waals surface area (Å²) in [6, 6.07) is 1.57. The lowest BCUT2D eigenvalue weighted by Crippen LogP contribution is -2.16. The first kappa shape index (κ1) is 8.96. The van der Waals surface area contributed by atoms with Crippen molar-refractivity contribution in [3.05, 3.63) is 29.8 Å². The normalized spacial score (nSPS) is 11.7. The van der Waals surface area contributed by atoms with Gasteiger partial charge in [-0.15, -0.1) is 0 Å². The molecule has 0 saturated carbocycles. The summed E-state index contributed by atoms with van der Waals surface area (Å²) < 4.78 is 48.8. The highest BCUT2D eigenvalue weighted by atomic mass is 19.3. The van der Waals surface area contributed by atoms with Crippen LogP contribution in [-0.4, -0.2) is 11.7 Å². The smallest absolute Gasteiger partial charge is 0.244 e. The van der Waals surface area contributed by atoms with E-state index in [0.717, 1.165) is 12.1 Å². The van der Waals surface area contributed by atoms with Gasteiger partial charge in [-0.3, -0.25) is 0 Å². The Kier molecular flexibility index (Phi) is 2.30. The van der Waals surface area contributed by atoms with Crippen molar-refractivity contribution in [2.45, 2.75) is 5.92 Å².